The van der Waals surface area contributed by atoms with Crippen molar-refractivity contribution in [2.24, 2.45) is 0 Å². The molecule has 8 nitrogen and oxygen atoms in total. The number of fused-ring (bicyclic) bond motifs is 1. The number of nitrogens with zero attached hydrogens (tertiary/aromatic N) is 1. The molecule has 1 aliphatic carbocycles. The summed E-state index contributed by atoms with van der Waals surface area (Å²) in [7, 11) is 0. The molecule has 11 heteroatoms. The van der Waals surface area contributed by atoms with Gasteiger partial charge in [-0.15, -0.1) is 0 Å². The number of Topliss-reactive ketones (excluding diaryl/α,β-unsaturated/α-hetero) is 2. The number of aliphatic hydroxyl groups is 1. The first-order valence-electron chi connectivity index (χ1n) is 11.5. The molecule has 2 aromatic rings. The number of aryl methyl sites for hydroxylation is 1. The predicted octanol–water partition coefficient (Wildman–Crippen LogP) is 3.37. The van der Waals surface area contributed by atoms with E-state index in [9.17, 15) is 33.1 Å². The average Bonchev–Trinajstić information content (AvgIpc) is 3.26. The minimum Gasteiger partial charge on any atom is -0.391 e. The Morgan fingerprint density at radius 1 is 1.19 bits per heavy atom. The van der Waals surface area contributed by atoms with E-state index in [2.05, 4.69) is 10.6 Å². The van der Waals surface area contributed by atoms with E-state index in [1.54, 1.807) is 18.2 Å². The van der Waals surface area contributed by atoms with E-state index >= 15 is 0 Å². The molecule has 2 aliphatic rings. The van der Waals surface area contributed by atoms with Gasteiger partial charge >= 0.3 is 0 Å². The molecule has 1 aromatic carbocycles. The molecule has 192 valence electrons. The van der Waals surface area contributed by atoms with Gasteiger partial charge in [-0.1, -0.05) is 24.6 Å². The Balaban J connectivity index is 1.65. The van der Waals surface area contributed by atoms with Crippen LogP contribution in [0.2, 0.25) is 5.02 Å². The fourth-order valence-electron chi connectivity index (χ4n) is 5.09. The molecule has 3 N–H and O–H groups in total. The SMILES string of the molecule is CCC(=O)C1(NC(=O)C(=O)c2c(C)c(C(=O)Nc3ccc(C)c(Cl)c3)n3c2C[C@@H](O)C3)CC(F)(F)C1. The van der Waals surface area contributed by atoms with Gasteiger partial charge in [-0.05, 0) is 37.1 Å². The lowest BCUT2D eigenvalue weighted by molar-refractivity contribution is -0.163. The van der Waals surface area contributed by atoms with Gasteiger partial charge in [0.15, 0.2) is 5.78 Å². The molecule has 1 fully saturated rings. The third-order valence-corrected chi connectivity index (χ3v) is 7.25. The second kappa shape index (κ2) is 9.08. The number of halogens is 3. The average molecular weight is 522 g/mol. The monoisotopic (exact) mass is 521 g/mol. The van der Waals surface area contributed by atoms with Crippen LogP contribution in [0.5, 0.6) is 0 Å². The molecule has 4 rings (SSSR count). The number of aromatic nitrogens is 1. The Morgan fingerprint density at radius 3 is 2.44 bits per heavy atom. The molecule has 0 radical (unpaired) electrons. The van der Waals surface area contributed by atoms with Gasteiger partial charge in [0.2, 0.25) is 0 Å². The molecular formula is C25H26ClF2N3O5. The van der Waals surface area contributed by atoms with Gasteiger partial charge in [-0.3, -0.25) is 19.2 Å². The number of amides is 2. The summed E-state index contributed by atoms with van der Waals surface area (Å²) < 4.78 is 28.8. The van der Waals surface area contributed by atoms with Crippen LogP contribution >= 0.6 is 11.6 Å². The Bertz CT molecular complexity index is 1300. The van der Waals surface area contributed by atoms with Crippen LogP contribution in [0.15, 0.2) is 18.2 Å². The van der Waals surface area contributed by atoms with Crippen LogP contribution in [-0.2, 0) is 22.6 Å². The smallest absolute Gasteiger partial charge is 0.293 e. The van der Waals surface area contributed by atoms with Gasteiger partial charge in [-0.25, -0.2) is 8.78 Å². The van der Waals surface area contributed by atoms with Crippen molar-refractivity contribution in [3.63, 3.8) is 0 Å². The maximum atomic E-state index is 13.6. The van der Waals surface area contributed by atoms with E-state index in [1.807, 2.05) is 6.92 Å². The normalized spacial score (nSPS) is 19.2. The van der Waals surface area contributed by atoms with Crippen molar-refractivity contribution in [2.75, 3.05) is 5.32 Å². The number of anilines is 1. The van der Waals surface area contributed by atoms with Crippen molar-refractivity contribution in [3.8, 4) is 0 Å². The van der Waals surface area contributed by atoms with Gasteiger partial charge in [0.25, 0.3) is 23.5 Å². The zero-order valence-corrected chi connectivity index (χ0v) is 20.8. The third-order valence-electron chi connectivity index (χ3n) is 6.84. The van der Waals surface area contributed by atoms with E-state index in [0.29, 0.717) is 16.4 Å². The minimum atomic E-state index is -3.11. The summed E-state index contributed by atoms with van der Waals surface area (Å²) >= 11 is 6.14. The summed E-state index contributed by atoms with van der Waals surface area (Å²) in [6.45, 7) is 4.84. The first-order valence-corrected chi connectivity index (χ1v) is 11.9. The number of carbonyl (C=O) groups is 4. The summed E-state index contributed by atoms with van der Waals surface area (Å²) in [5, 5.41) is 15.6. The molecular weight excluding hydrogens is 496 g/mol. The van der Waals surface area contributed by atoms with Crippen LogP contribution in [0.3, 0.4) is 0 Å². The van der Waals surface area contributed by atoms with Crippen LogP contribution in [0.1, 0.15) is 63.9 Å². The summed E-state index contributed by atoms with van der Waals surface area (Å²) in [4.78, 5) is 51.7. The van der Waals surface area contributed by atoms with E-state index in [0.717, 1.165) is 5.56 Å². The van der Waals surface area contributed by atoms with Crippen molar-refractivity contribution in [2.45, 2.75) is 70.6 Å². The van der Waals surface area contributed by atoms with Crippen molar-refractivity contribution >= 4 is 40.7 Å². The van der Waals surface area contributed by atoms with Gasteiger partial charge in [0, 0.05) is 48.6 Å². The van der Waals surface area contributed by atoms with Gasteiger partial charge in [0.05, 0.1) is 11.7 Å². The van der Waals surface area contributed by atoms with Crippen LogP contribution < -0.4 is 10.6 Å². The number of alkyl halides is 2. The number of carbonyl (C=O) groups excluding carboxylic acids is 4. The summed E-state index contributed by atoms with van der Waals surface area (Å²) in [5.74, 6) is -6.52. The van der Waals surface area contributed by atoms with Gasteiger partial charge in [-0.2, -0.15) is 0 Å². The number of ketones is 2. The molecule has 0 saturated heterocycles. The maximum absolute atomic E-state index is 13.6. The molecule has 0 bridgehead atoms. The van der Waals surface area contributed by atoms with E-state index in [-0.39, 0.29) is 36.2 Å². The van der Waals surface area contributed by atoms with Crippen molar-refractivity contribution in [3.05, 3.63) is 51.3 Å². The van der Waals surface area contributed by atoms with E-state index in [4.69, 9.17) is 11.6 Å². The van der Waals surface area contributed by atoms with E-state index in [1.165, 1.54) is 18.4 Å². The number of nitrogens with one attached hydrogen (secondary N) is 2. The van der Waals surface area contributed by atoms with Crippen LogP contribution in [-0.4, -0.2) is 50.6 Å². The number of rotatable bonds is 7. The predicted molar refractivity (Wildman–Crippen MR) is 128 cm³/mol. The van der Waals surface area contributed by atoms with E-state index < -0.39 is 53.8 Å². The highest BCUT2D eigenvalue weighted by atomic mass is 35.5. The molecule has 2 amide bonds. The topological polar surface area (TPSA) is 118 Å². The summed E-state index contributed by atoms with van der Waals surface area (Å²) in [6.07, 6.45) is -2.68. The molecule has 1 aromatic heterocycles. The molecule has 2 heterocycles. The molecule has 1 aliphatic heterocycles. The van der Waals surface area contributed by atoms with Gasteiger partial charge in [0.1, 0.15) is 11.2 Å². The molecule has 1 saturated carbocycles. The van der Waals surface area contributed by atoms with Crippen LogP contribution in [0.25, 0.3) is 0 Å². The molecule has 0 spiro atoms. The highest BCUT2D eigenvalue weighted by Gasteiger charge is 2.61. The Hall–Kier alpha value is -3.11. The standard InChI is InChI=1S/C25H26ClF2N3O5/c1-4-18(33)24(10-25(27,28)11-24)30-23(36)21(34)19-13(3)20(31-9-15(32)8-17(19)31)22(35)29-14-6-5-12(2)16(26)7-14/h5-7,15,32H,4,8-11H2,1-3H3,(H,29,35)(H,30,36)/t15-/m1/s1. The summed E-state index contributed by atoms with van der Waals surface area (Å²) in [6, 6.07) is 4.97. The number of aliphatic hydroxyl groups excluding tert-OH is 1. The van der Waals surface area contributed by atoms with Crippen molar-refractivity contribution < 1.29 is 33.1 Å². The maximum Gasteiger partial charge on any atom is 0.293 e. The lowest BCUT2D eigenvalue weighted by atomic mass is 9.69. The molecule has 36 heavy (non-hydrogen) atoms. The largest absolute Gasteiger partial charge is 0.391 e. The Labute approximate surface area is 211 Å². The number of hydrogen-bond acceptors (Lipinski definition) is 5. The summed E-state index contributed by atoms with van der Waals surface area (Å²) in [5.41, 5.74) is -0.0535. The van der Waals surface area contributed by atoms with Crippen molar-refractivity contribution in [1.29, 1.82) is 0 Å². The zero-order valence-electron chi connectivity index (χ0n) is 20.0. The number of benzene rings is 1. The second-order valence-electron chi connectivity index (χ2n) is 9.53. The highest BCUT2D eigenvalue weighted by molar-refractivity contribution is 6.44. The first-order chi connectivity index (χ1) is 16.8. The number of hydrogen-bond donors (Lipinski definition) is 3. The quantitative estimate of drug-likeness (QED) is 0.381. The van der Waals surface area contributed by atoms with Gasteiger partial charge < -0.3 is 20.3 Å². The van der Waals surface area contributed by atoms with Crippen LogP contribution in [0, 0.1) is 13.8 Å². The minimum absolute atomic E-state index is 0.0237. The Morgan fingerprint density at radius 2 is 1.86 bits per heavy atom. The molecule has 1 atom stereocenters. The third kappa shape index (κ3) is 4.43. The zero-order chi connectivity index (χ0) is 26.6. The fourth-order valence-corrected chi connectivity index (χ4v) is 5.27. The first kappa shape index (κ1) is 26.0. The Kier molecular flexibility index (Phi) is 6.55. The fraction of sp³-hybridized carbons (Fsp3) is 0.440. The van der Waals surface area contributed by atoms with Crippen LogP contribution in [0.4, 0.5) is 14.5 Å². The lowest BCUT2D eigenvalue weighted by Crippen LogP contribution is -2.67. The second-order valence-corrected chi connectivity index (χ2v) is 9.94. The highest BCUT2D eigenvalue weighted by Crippen LogP contribution is 2.46. The van der Waals surface area contributed by atoms with Crippen molar-refractivity contribution in [1.82, 2.24) is 9.88 Å². The lowest BCUT2D eigenvalue weighted by Gasteiger charge is -2.46. The molecule has 0 unspecified atom stereocenters.